The van der Waals surface area contributed by atoms with Crippen molar-refractivity contribution in [2.24, 2.45) is 11.3 Å². The first kappa shape index (κ1) is 25.6. The van der Waals surface area contributed by atoms with Gasteiger partial charge in [0.05, 0.1) is 18.1 Å². The lowest BCUT2D eigenvalue weighted by atomic mass is 9.98. The van der Waals surface area contributed by atoms with E-state index >= 15 is 0 Å². The topological polar surface area (TPSA) is 96.9 Å². The fourth-order valence-corrected chi connectivity index (χ4v) is 6.48. The molecule has 1 unspecified atom stereocenters. The monoisotopic (exact) mass is 495 g/mol. The van der Waals surface area contributed by atoms with Gasteiger partial charge >= 0.3 is 6.01 Å². The molecule has 10 heteroatoms. The van der Waals surface area contributed by atoms with Gasteiger partial charge in [0.25, 0.3) is 10.1 Å². The zero-order valence-electron chi connectivity index (χ0n) is 21.2. The van der Waals surface area contributed by atoms with Crippen molar-refractivity contribution in [3.63, 3.8) is 0 Å². The Balaban J connectivity index is 1.47. The fraction of sp³-hybridized carbons (Fsp3) is 0.833. The third kappa shape index (κ3) is 6.80. The van der Waals surface area contributed by atoms with Gasteiger partial charge in [0.2, 0.25) is 0 Å². The summed E-state index contributed by atoms with van der Waals surface area (Å²) in [5, 5.41) is 3.40. The summed E-state index contributed by atoms with van der Waals surface area (Å²) in [5.74, 6) is 0.979. The molecule has 0 aliphatic carbocycles. The van der Waals surface area contributed by atoms with Crippen LogP contribution < -0.4 is 15.0 Å². The second-order valence-electron chi connectivity index (χ2n) is 11.3. The minimum atomic E-state index is -3.57. The maximum absolute atomic E-state index is 12.6. The lowest BCUT2D eigenvalue weighted by Gasteiger charge is -2.35. The standard InChI is InChI=1S/C24H41N5O4S/c1-24(2,3)17-33-34(30,31)16-18-7-5-12-29(14-18)22-20-9-10-25-13-21(20)26-23(27-22)32-15-19-8-6-11-28(19)4/h18-19,25H,5-17H2,1-4H3/t18?,19-/m0/s1. The van der Waals surface area contributed by atoms with E-state index in [9.17, 15) is 8.42 Å². The van der Waals surface area contributed by atoms with Gasteiger partial charge in [-0.1, -0.05) is 20.8 Å². The zero-order chi connectivity index (χ0) is 24.3. The van der Waals surface area contributed by atoms with Gasteiger partial charge < -0.3 is 19.9 Å². The van der Waals surface area contributed by atoms with Crippen LogP contribution in [-0.4, -0.2) is 81.5 Å². The average molecular weight is 496 g/mol. The first-order valence-corrected chi connectivity index (χ1v) is 14.2. The predicted octanol–water partition coefficient (Wildman–Crippen LogP) is 2.20. The minimum absolute atomic E-state index is 0.0163. The first-order chi connectivity index (χ1) is 16.1. The van der Waals surface area contributed by atoms with E-state index in [-0.39, 0.29) is 23.7 Å². The second-order valence-corrected chi connectivity index (χ2v) is 13.0. The number of hydrogen-bond acceptors (Lipinski definition) is 9. The van der Waals surface area contributed by atoms with Crippen molar-refractivity contribution in [1.29, 1.82) is 0 Å². The number of anilines is 1. The number of likely N-dealkylation sites (N-methyl/N-ethyl adjacent to an activating group) is 1. The van der Waals surface area contributed by atoms with Gasteiger partial charge in [0.1, 0.15) is 12.4 Å². The molecule has 2 fully saturated rings. The third-order valence-electron chi connectivity index (χ3n) is 6.90. The van der Waals surface area contributed by atoms with Crippen LogP contribution in [0.5, 0.6) is 6.01 Å². The Bertz CT molecular complexity index is 949. The Kier molecular flexibility index (Phi) is 8.01. The summed E-state index contributed by atoms with van der Waals surface area (Å²) in [6, 6.07) is 0.833. The molecule has 1 aromatic heterocycles. The fourth-order valence-electron chi connectivity index (χ4n) is 5.00. The van der Waals surface area contributed by atoms with E-state index in [0.717, 1.165) is 62.4 Å². The van der Waals surface area contributed by atoms with Crippen LogP contribution in [0.2, 0.25) is 0 Å². The summed E-state index contributed by atoms with van der Waals surface area (Å²) in [5.41, 5.74) is 1.97. The molecule has 0 bridgehead atoms. The van der Waals surface area contributed by atoms with Crippen LogP contribution in [0.1, 0.15) is 57.7 Å². The van der Waals surface area contributed by atoms with Crippen LogP contribution in [-0.2, 0) is 27.3 Å². The zero-order valence-corrected chi connectivity index (χ0v) is 22.0. The molecular weight excluding hydrogens is 454 g/mol. The molecule has 0 aromatic carbocycles. The van der Waals surface area contributed by atoms with Crippen molar-refractivity contribution in [3.8, 4) is 6.01 Å². The van der Waals surface area contributed by atoms with Crippen LogP contribution in [0.15, 0.2) is 0 Å². The van der Waals surface area contributed by atoms with E-state index in [1.807, 2.05) is 20.8 Å². The van der Waals surface area contributed by atoms with Crippen LogP contribution in [0, 0.1) is 11.3 Å². The molecule has 3 aliphatic rings. The number of ether oxygens (including phenoxy) is 1. The lowest BCUT2D eigenvalue weighted by Crippen LogP contribution is -2.40. The van der Waals surface area contributed by atoms with Crippen LogP contribution >= 0.6 is 0 Å². The summed E-state index contributed by atoms with van der Waals surface area (Å²) in [6.07, 6.45) is 5.00. The quantitative estimate of drug-likeness (QED) is 0.544. The lowest BCUT2D eigenvalue weighted by molar-refractivity contribution is 0.187. The summed E-state index contributed by atoms with van der Waals surface area (Å²) in [6.45, 7) is 10.9. The van der Waals surface area contributed by atoms with Gasteiger partial charge in [-0.2, -0.15) is 18.4 Å². The van der Waals surface area contributed by atoms with Gasteiger partial charge in [-0.15, -0.1) is 0 Å². The molecule has 4 rings (SSSR count). The van der Waals surface area contributed by atoms with E-state index in [2.05, 4.69) is 22.2 Å². The van der Waals surface area contributed by atoms with E-state index in [4.69, 9.17) is 18.9 Å². The summed E-state index contributed by atoms with van der Waals surface area (Å²) in [7, 11) is -1.43. The molecule has 1 aromatic rings. The normalized spacial score (nSPS) is 24.3. The first-order valence-electron chi connectivity index (χ1n) is 12.7. The molecule has 1 N–H and O–H groups in total. The highest BCUT2D eigenvalue weighted by molar-refractivity contribution is 7.86. The molecule has 0 spiro atoms. The molecule has 0 saturated carbocycles. The van der Waals surface area contributed by atoms with Gasteiger partial charge in [-0.05, 0) is 63.6 Å². The molecule has 34 heavy (non-hydrogen) atoms. The highest BCUT2D eigenvalue weighted by Gasteiger charge is 2.30. The summed E-state index contributed by atoms with van der Waals surface area (Å²) < 4.78 is 36.7. The third-order valence-corrected chi connectivity index (χ3v) is 8.26. The molecule has 3 aliphatic heterocycles. The van der Waals surface area contributed by atoms with Gasteiger partial charge in [-0.25, -0.2) is 0 Å². The Morgan fingerprint density at radius 1 is 1.15 bits per heavy atom. The highest BCUT2D eigenvalue weighted by Crippen LogP contribution is 2.31. The number of aromatic nitrogens is 2. The van der Waals surface area contributed by atoms with Crippen LogP contribution in [0.4, 0.5) is 5.82 Å². The summed E-state index contributed by atoms with van der Waals surface area (Å²) >= 11 is 0. The highest BCUT2D eigenvalue weighted by atomic mass is 32.2. The molecular formula is C24H41N5O4S. The molecule has 9 nitrogen and oxygen atoms in total. The molecule has 0 radical (unpaired) electrons. The van der Waals surface area contributed by atoms with Crippen LogP contribution in [0.3, 0.4) is 0 Å². The number of rotatable bonds is 8. The van der Waals surface area contributed by atoms with Crippen molar-refractivity contribution in [2.45, 2.75) is 65.5 Å². The van der Waals surface area contributed by atoms with Crippen molar-refractivity contribution in [2.75, 3.05) is 57.1 Å². The summed E-state index contributed by atoms with van der Waals surface area (Å²) in [4.78, 5) is 14.2. The number of likely N-dealkylation sites (tertiary alicyclic amines) is 1. The molecule has 192 valence electrons. The molecule has 2 saturated heterocycles. The predicted molar refractivity (Wildman–Crippen MR) is 133 cm³/mol. The van der Waals surface area contributed by atoms with E-state index < -0.39 is 10.1 Å². The Morgan fingerprint density at radius 3 is 2.68 bits per heavy atom. The minimum Gasteiger partial charge on any atom is -0.462 e. The smallest absolute Gasteiger partial charge is 0.318 e. The van der Waals surface area contributed by atoms with Gasteiger partial charge in [-0.3, -0.25) is 4.18 Å². The largest absolute Gasteiger partial charge is 0.462 e. The average Bonchev–Trinajstić information content (AvgIpc) is 3.20. The van der Waals surface area contributed by atoms with Crippen LogP contribution in [0.25, 0.3) is 0 Å². The van der Waals surface area contributed by atoms with Gasteiger partial charge in [0.15, 0.2) is 0 Å². The number of piperidine rings is 1. The SMILES string of the molecule is CN1CCC[C@H]1COc1nc2c(c(N3CCCC(CS(=O)(=O)OCC(C)(C)C)C3)n1)CCNC2. The number of nitrogens with one attached hydrogen (secondary N) is 1. The Hall–Kier alpha value is -1.49. The Labute approximate surface area is 204 Å². The maximum atomic E-state index is 12.6. The van der Waals surface area contributed by atoms with Crippen molar-refractivity contribution in [1.82, 2.24) is 20.2 Å². The maximum Gasteiger partial charge on any atom is 0.318 e. The second kappa shape index (κ2) is 10.6. The number of fused-ring (bicyclic) bond motifs is 1. The molecule has 4 heterocycles. The number of nitrogens with zero attached hydrogens (tertiary/aromatic N) is 4. The van der Waals surface area contributed by atoms with Crippen molar-refractivity contribution in [3.05, 3.63) is 11.3 Å². The number of hydrogen-bond donors (Lipinski definition) is 1. The van der Waals surface area contributed by atoms with E-state index in [0.29, 0.717) is 31.7 Å². The van der Waals surface area contributed by atoms with E-state index in [1.165, 1.54) is 6.42 Å². The molecule has 0 amide bonds. The van der Waals surface area contributed by atoms with Crippen molar-refractivity contribution >= 4 is 15.9 Å². The van der Waals surface area contributed by atoms with Crippen molar-refractivity contribution < 1.29 is 17.3 Å². The Morgan fingerprint density at radius 2 is 1.94 bits per heavy atom. The molecule has 2 atom stereocenters. The van der Waals surface area contributed by atoms with E-state index in [1.54, 1.807) is 0 Å². The van der Waals surface area contributed by atoms with Gasteiger partial charge in [0, 0.05) is 31.2 Å².